The Labute approximate surface area is 211 Å². The van der Waals surface area contributed by atoms with Crippen molar-refractivity contribution in [1.82, 2.24) is 14.9 Å². The van der Waals surface area contributed by atoms with Crippen LogP contribution in [-0.2, 0) is 4.74 Å². The molecule has 1 atom stereocenters. The zero-order valence-corrected chi connectivity index (χ0v) is 20.3. The zero-order valence-electron chi connectivity index (χ0n) is 20.3. The van der Waals surface area contributed by atoms with Crippen molar-refractivity contribution in [3.8, 4) is 5.75 Å². The van der Waals surface area contributed by atoms with Crippen LogP contribution in [0.2, 0.25) is 0 Å². The molecule has 0 bridgehead atoms. The lowest BCUT2D eigenvalue weighted by molar-refractivity contribution is 0.0793. The third-order valence-corrected chi connectivity index (χ3v) is 6.08. The van der Waals surface area contributed by atoms with Crippen LogP contribution in [0.3, 0.4) is 0 Å². The normalized spacial score (nSPS) is 14.3. The minimum atomic E-state index is -0.990. The Hall–Kier alpha value is -3.33. The minimum absolute atomic E-state index is 0. The summed E-state index contributed by atoms with van der Waals surface area (Å²) in [7, 11) is 1.77. The van der Waals surface area contributed by atoms with Gasteiger partial charge in [-0.05, 0) is 37.6 Å². The van der Waals surface area contributed by atoms with E-state index in [2.05, 4.69) is 16.8 Å². The summed E-state index contributed by atoms with van der Waals surface area (Å²) in [5, 5.41) is 0. The molecule has 4 rings (SSSR count). The van der Waals surface area contributed by atoms with Gasteiger partial charge < -0.3 is 19.3 Å². The molecule has 7 nitrogen and oxygen atoms in total. The van der Waals surface area contributed by atoms with Crippen molar-refractivity contribution in [2.24, 2.45) is 0 Å². The average Bonchev–Trinajstić information content (AvgIpc) is 2.88. The van der Waals surface area contributed by atoms with E-state index in [-0.39, 0.29) is 19.1 Å². The highest BCUT2D eigenvalue weighted by atomic mass is 19.2. The SMILES string of the molecule is C.CCCCN(C)C(=O)c1cc(C(C)Oc2ccc(F)c(F)c2)c2nc(N3CCOCC3)cnc2c1. The topological polar surface area (TPSA) is 67.8 Å². The van der Waals surface area contributed by atoms with E-state index in [4.69, 9.17) is 14.5 Å². The molecule has 2 heterocycles. The highest BCUT2D eigenvalue weighted by Crippen LogP contribution is 2.30. The van der Waals surface area contributed by atoms with Crippen LogP contribution in [0.1, 0.15) is 56.1 Å². The average molecular weight is 501 g/mol. The number of ether oxygens (including phenoxy) is 2. The first-order valence-electron chi connectivity index (χ1n) is 11.9. The Morgan fingerprint density at radius 3 is 2.64 bits per heavy atom. The van der Waals surface area contributed by atoms with E-state index in [0.717, 1.165) is 25.0 Å². The number of halogens is 2. The summed E-state index contributed by atoms with van der Waals surface area (Å²) in [5.41, 5.74) is 2.27. The number of carbonyl (C=O) groups excluding carboxylic acids is 1. The molecule has 0 aliphatic carbocycles. The summed E-state index contributed by atoms with van der Waals surface area (Å²) in [6.45, 7) is 7.13. The van der Waals surface area contributed by atoms with Crippen molar-refractivity contribution in [3.05, 3.63) is 59.3 Å². The molecule has 0 saturated carbocycles. The molecule has 36 heavy (non-hydrogen) atoms. The Balaban J connectivity index is 0.00000361. The van der Waals surface area contributed by atoms with Crippen molar-refractivity contribution in [2.75, 3.05) is 44.8 Å². The minimum Gasteiger partial charge on any atom is -0.486 e. The van der Waals surface area contributed by atoms with Crippen LogP contribution in [-0.4, -0.2) is 60.7 Å². The van der Waals surface area contributed by atoms with E-state index in [1.807, 2.05) is 0 Å². The molecular weight excluding hydrogens is 466 g/mol. The number of nitrogens with zero attached hydrogens (tertiary/aromatic N) is 4. The zero-order chi connectivity index (χ0) is 24.9. The molecular formula is C27H34F2N4O3. The number of rotatable bonds is 8. The Morgan fingerprint density at radius 1 is 1.19 bits per heavy atom. The van der Waals surface area contributed by atoms with Crippen molar-refractivity contribution in [1.29, 1.82) is 0 Å². The van der Waals surface area contributed by atoms with Gasteiger partial charge in [0.1, 0.15) is 17.7 Å². The first kappa shape index (κ1) is 27.3. The number of aromatic nitrogens is 2. The summed E-state index contributed by atoms with van der Waals surface area (Å²) < 4.78 is 38.5. The Bertz CT molecular complexity index is 1200. The van der Waals surface area contributed by atoms with Crippen LogP contribution >= 0.6 is 0 Å². The van der Waals surface area contributed by atoms with E-state index in [1.54, 1.807) is 37.2 Å². The number of fused-ring (bicyclic) bond motifs is 1. The summed E-state index contributed by atoms with van der Waals surface area (Å²) in [6, 6.07) is 6.90. The molecule has 0 N–H and O–H groups in total. The molecule has 0 radical (unpaired) electrons. The predicted molar refractivity (Wildman–Crippen MR) is 137 cm³/mol. The highest BCUT2D eigenvalue weighted by molar-refractivity contribution is 5.98. The van der Waals surface area contributed by atoms with Gasteiger partial charge in [0.25, 0.3) is 5.91 Å². The summed E-state index contributed by atoms with van der Waals surface area (Å²) in [4.78, 5) is 26.4. The monoisotopic (exact) mass is 500 g/mol. The molecule has 1 saturated heterocycles. The van der Waals surface area contributed by atoms with E-state index in [9.17, 15) is 13.6 Å². The smallest absolute Gasteiger partial charge is 0.253 e. The van der Waals surface area contributed by atoms with Crippen LogP contribution < -0.4 is 9.64 Å². The van der Waals surface area contributed by atoms with Gasteiger partial charge in [-0.1, -0.05) is 20.8 Å². The second-order valence-electron chi connectivity index (χ2n) is 8.68. The maximum absolute atomic E-state index is 13.8. The van der Waals surface area contributed by atoms with Gasteiger partial charge in [-0.15, -0.1) is 0 Å². The number of amides is 1. The van der Waals surface area contributed by atoms with Gasteiger partial charge in [0.2, 0.25) is 0 Å². The molecule has 2 aromatic carbocycles. The van der Waals surface area contributed by atoms with Crippen molar-refractivity contribution < 1.29 is 23.0 Å². The number of morpholine rings is 1. The summed E-state index contributed by atoms with van der Waals surface area (Å²) in [6.07, 6.45) is 2.98. The fourth-order valence-electron chi connectivity index (χ4n) is 4.05. The van der Waals surface area contributed by atoms with Gasteiger partial charge in [0, 0.05) is 43.9 Å². The molecule has 1 unspecified atom stereocenters. The second-order valence-corrected chi connectivity index (χ2v) is 8.68. The third kappa shape index (κ3) is 6.07. The van der Waals surface area contributed by atoms with Gasteiger partial charge in [-0.3, -0.25) is 9.78 Å². The van der Waals surface area contributed by atoms with Gasteiger partial charge >= 0.3 is 0 Å². The predicted octanol–water partition coefficient (Wildman–Crippen LogP) is 5.39. The molecule has 1 fully saturated rings. The Morgan fingerprint density at radius 2 is 1.94 bits per heavy atom. The second kappa shape index (κ2) is 12.1. The maximum Gasteiger partial charge on any atom is 0.253 e. The molecule has 1 aliphatic rings. The number of hydrogen-bond donors (Lipinski definition) is 0. The van der Waals surface area contributed by atoms with Crippen LogP contribution in [0.15, 0.2) is 36.5 Å². The molecule has 1 aromatic heterocycles. The van der Waals surface area contributed by atoms with E-state index in [1.165, 1.54) is 6.07 Å². The molecule has 194 valence electrons. The molecule has 0 spiro atoms. The summed E-state index contributed by atoms with van der Waals surface area (Å²) in [5.74, 6) is -1.17. The largest absolute Gasteiger partial charge is 0.486 e. The van der Waals surface area contributed by atoms with Crippen molar-refractivity contribution >= 4 is 22.8 Å². The quantitative estimate of drug-likeness (QED) is 0.413. The fraction of sp³-hybridized carbons (Fsp3) is 0.444. The lowest BCUT2D eigenvalue weighted by atomic mass is 10.0. The van der Waals surface area contributed by atoms with E-state index < -0.39 is 17.7 Å². The first-order chi connectivity index (χ1) is 16.9. The van der Waals surface area contributed by atoms with Crippen LogP contribution in [0, 0.1) is 11.6 Å². The van der Waals surface area contributed by atoms with Crippen LogP contribution in [0.5, 0.6) is 5.75 Å². The lowest BCUT2D eigenvalue weighted by Gasteiger charge is -2.28. The van der Waals surface area contributed by atoms with Gasteiger partial charge in [-0.25, -0.2) is 13.8 Å². The number of unbranched alkanes of at least 4 members (excludes halogenated alkanes) is 1. The standard InChI is InChI=1S/C26H30F2N4O3.CH4/c1-4-5-8-31(3)26(33)18-13-20(17(2)35-19-6-7-21(27)22(28)15-19)25-23(14-18)29-16-24(30-25)32-9-11-34-12-10-32;/h6-7,13-17H,4-5,8-12H2,1-3H3;1H4. The van der Waals surface area contributed by atoms with E-state index in [0.29, 0.717) is 60.8 Å². The molecule has 1 amide bonds. The van der Waals surface area contributed by atoms with E-state index >= 15 is 0 Å². The first-order valence-corrected chi connectivity index (χ1v) is 11.9. The summed E-state index contributed by atoms with van der Waals surface area (Å²) >= 11 is 0. The van der Waals surface area contributed by atoms with Gasteiger partial charge in [0.05, 0.1) is 30.4 Å². The van der Waals surface area contributed by atoms with Crippen LogP contribution in [0.4, 0.5) is 14.6 Å². The highest BCUT2D eigenvalue weighted by Gasteiger charge is 2.22. The van der Waals surface area contributed by atoms with Gasteiger partial charge in [-0.2, -0.15) is 0 Å². The number of carbonyl (C=O) groups is 1. The molecule has 3 aromatic rings. The number of hydrogen-bond acceptors (Lipinski definition) is 6. The number of benzene rings is 2. The fourth-order valence-corrected chi connectivity index (χ4v) is 4.05. The third-order valence-electron chi connectivity index (χ3n) is 6.08. The Kier molecular flexibility index (Phi) is 9.14. The number of anilines is 1. The maximum atomic E-state index is 13.8. The lowest BCUT2D eigenvalue weighted by Crippen LogP contribution is -2.36. The van der Waals surface area contributed by atoms with Crippen molar-refractivity contribution in [2.45, 2.75) is 40.2 Å². The van der Waals surface area contributed by atoms with Gasteiger partial charge in [0.15, 0.2) is 11.6 Å². The van der Waals surface area contributed by atoms with Crippen molar-refractivity contribution in [3.63, 3.8) is 0 Å². The molecule has 9 heteroatoms. The molecule has 1 aliphatic heterocycles. The van der Waals surface area contributed by atoms with Crippen LogP contribution in [0.25, 0.3) is 11.0 Å².